The molecule has 1 saturated heterocycles. The van der Waals surface area contributed by atoms with Crippen LogP contribution in [0.3, 0.4) is 0 Å². The predicted octanol–water partition coefficient (Wildman–Crippen LogP) is 0.944. The fraction of sp³-hybridized carbons (Fsp3) is 0.600. The second-order valence-corrected chi connectivity index (χ2v) is 3.79. The third-order valence-corrected chi connectivity index (χ3v) is 2.65. The van der Waals surface area contributed by atoms with Crippen molar-refractivity contribution in [1.82, 2.24) is 14.7 Å². The summed E-state index contributed by atoms with van der Waals surface area (Å²) < 4.78 is 13.9. The third kappa shape index (κ3) is 1.86. The number of aromatic nitrogens is 2. The monoisotopic (exact) mass is 211 g/mol. The maximum Gasteiger partial charge on any atom is 0.274 e. The lowest BCUT2D eigenvalue weighted by Crippen LogP contribution is -2.50. The van der Waals surface area contributed by atoms with Gasteiger partial charge in [0.2, 0.25) is 0 Å². The summed E-state index contributed by atoms with van der Waals surface area (Å²) in [7, 11) is 0. The minimum absolute atomic E-state index is 0.0298. The molecule has 0 N–H and O–H groups in total. The van der Waals surface area contributed by atoms with E-state index in [0.29, 0.717) is 18.8 Å². The fourth-order valence-electron chi connectivity index (χ4n) is 1.65. The van der Waals surface area contributed by atoms with Crippen molar-refractivity contribution in [3.8, 4) is 0 Å². The number of amides is 1. The highest BCUT2D eigenvalue weighted by molar-refractivity contribution is 5.92. The standard InChI is InChI=1S/C10H14FN3O/c1-2-14-4-3-9(12-14)10(15)13-6-8(5-11)7-13/h3-4,8H,2,5-7H2,1H3. The lowest BCUT2D eigenvalue weighted by molar-refractivity contribution is 0.0446. The van der Waals surface area contributed by atoms with Crippen LogP contribution in [-0.2, 0) is 6.54 Å². The molecule has 0 unspecified atom stereocenters. The topological polar surface area (TPSA) is 38.1 Å². The van der Waals surface area contributed by atoms with Crippen molar-refractivity contribution in [2.75, 3.05) is 19.8 Å². The molecule has 0 aromatic carbocycles. The maximum atomic E-state index is 12.2. The minimum atomic E-state index is -0.340. The van der Waals surface area contributed by atoms with Crippen molar-refractivity contribution >= 4 is 5.91 Å². The molecular formula is C10H14FN3O. The van der Waals surface area contributed by atoms with Crippen molar-refractivity contribution in [2.24, 2.45) is 5.92 Å². The highest BCUT2D eigenvalue weighted by atomic mass is 19.1. The van der Waals surface area contributed by atoms with Gasteiger partial charge in [-0.3, -0.25) is 13.9 Å². The van der Waals surface area contributed by atoms with E-state index in [-0.39, 0.29) is 18.5 Å². The number of carbonyl (C=O) groups excluding carboxylic acids is 1. The summed E-state index contributed by atoms with van der Waals surface area (Å²) >= 11 is 0. The molecule has 0 saturated carbocycles. The van der Waals surface area contributed by atoms with Crippen LogP contribution in [0.15, 0.2) is 12.3 Å². The van der Waals surface area contributed by atoms with Gasteiger partial charge in [0.05, 0.1) is 6.67 Å². The van der Waals surface area contributed by atoms with Gasteiger partial charge >= 0.3 is 0 Å². The van der Waals surface area contributed by atoms with E-state index >= 15 is 0 Å². The first kappa shape index (κ1) is 10.1. The third-order valence-electron chi connectivity index (χ3n) is 2.65. The molecule has 0 spiro atoms. The second kappa shape index (κ2) is 4.00. The van der Waals surface area contributed by atoms with Crippen LogP contribution >= 0.6 is 0 Å². The molecule has 0 aliphatic carbocycles. The Labute approximate surface area is 87.7 Å². The SMILES string of the molecule is CCn1ccc(C(=O)N2CC(CF)C2)n1. The van der Waals surface area contributed by atoms with Gasteiger partial charge in [-0.2, -0.15) is 5.10 Å². The molecular weight excluding hydrogens is 197 g/mol. The number of hydrogen-bond acceptors (Lipinski definition) is 2. The minimum Gasteiger partial charge on any atom is -0.336 e. The summed E-state index contributed by atoms with van der Waals surface area (Å²) in [5.74, 6) is -0.0610. The zero-order chi connectivity index (χ0) is 10.8. The Kier molecular flexibility index (Phi) is 2.70. The van der Waals surface area contributed by atoms with Gasteiger partial charge in [-0.15, -0.1) is 0 Å². The molecule has 1 amide bonds. The zero-order valence-corrected chi connectivity index (χ0v) is 8.69. The van der Waals surface area contributed by atoms with E-state index < -0.39 is 0 Å². The van der Waals surface area contributed by atoms with E-state index in [9.17, 15) is 9.18 Å². The van der Waals surface area contributed by atoms with Crippen LogP contribution in [-0.4, -0.2) is 40.4 Å². The number of hydrogen-bond donors (Lipinski definition) is 0. The van der Waals surface area contributed by atoms with Crippen molar-refractivity contribution in [1.29, 1.82) is 0 Å². The number of halogens is 1. The normalized spacial score (nSPS) is 16.5. The van der Waals surface area contributed by atoms with Crippen LogP contribution in [0.5, 0.6) is 0 Å². The largest absolute Gasteiger partial charge is 0.336 e. The van der Waals surface area contributed by atoms with Gasteiger partial charge < -0.3 is 4.90 Å². The van der Waals surface area contributed by atoms with Crippen LogP contribution in [0.2, 0.25) is 0 Å². The molecule has 15 heavy (non-hydrogen) atoms. The molecule has 1 aliphatic heterocycles. The Bertz CT molecular complexity index is 357. The molecule has 4 nitrogen and oxygen atoms in total. The van der Waals surface area contributed by atoms with Crippen molar-refractivity contribution in [2.45, 2.75) is 13.5 Å². The molecule has 1 aromatic heterocycles. The van der Waals surface area contributed by atoms with Crippen molar-refractivity contribution in [3.63, 3.8) is 0 Å². The molecule has 2 rings (SSSR count). The van der Waals surface area contributed by atoms with Gasteiger partial charge in [-0.25, -0.2) is 0 Å². The van der Waals surface area contributed by atoms with Gasteiger partial charge in [0.25, 0.3) is 5.91 Å². The smallest absolute Gasteiger partial charge is 0.274 e. The average Bonchev–Trinajstić information content (AvgIpc) is 2.64. The summed E-state index contributed by atoms with van der Waals surface area (Å²) in [4.78, 5) is 13.4. The van der Waals surface area contributed by atoms with E-state index in [1.165, 1.54) is 0 Å². The molecule has 5 heteroatoms. The Morgan fingerprint density at radius 2 is 2.40 bits per heavy atom. The quantitative estimate of drug-likeness (QED) is 0.746. The lowest BCUT2D eigenvalue weighted by atomic mass is 10.0. The molecule has 0 radical (unpaired) electrons. The van der Waals surface area contributed by atoms with Gasteiger partial charge in [-0.05, 0) is 13.0 Å². The average molecular weight is 211 g/mol. The Morgan fingerprint density at radius 3 is 2.93 bits per heavy atom. The molecule has 1 aliphatic rings. The van der Waals surface area contributed by atoms with E-state index in [1.807, 2.05) is 6.92 Å². The highest BCUT2D eigenvalue weighted by Crippen LogP contribution is 2.18. The molecule has 1 aromatic rings. The van der Waals surface area contributed by atoms with Crippen LogP contribution in [0.25, 0.3) is 0 Å². The van der Waals surface area contributed by atoms with Crippen LogP contribution in [0.4, 0.5) is 4.39 Å². The van der Waals surface area contributed by atoms with E-state index in [0.717, 1.165) is 6.54 Å². The van der Waals surface area contributed by atoms with E-state index in [4.69, 9.17) is 0 Å². The first-order valence-electron chi connectivity index (χ1n) is 5.13. The molecule has 0 atom stereocenters. The van der Waals surface area contributed by atoms with Crippen molar-refractivity contribution in [3.05, 3.63) is 18.0 Å². The summed E-state index contributed by atoms with van der Waals surface area (Å²) in [6.07, 6.45) is 1.78. The number of rotatable bonds is 3. The van der Waals surface area contributed by atoms with Gasteiger partial charge in [-0.1, -0.05) is 0 Å². The second-order valence-electron chi connectivity index (χ2n) is 3.79. The maximum absolute atomic E-state index is 12.2. The lowest BCUT2D eigenvalue weighted by Gasteiger charge is -2.37. The summed E-state index contributed by atoms with van der Waals surface area (Å²) in [5, 5.41) is 4.11. The van der Waals surface area contributed by atoms with E-state index in [1.54, 1.807) is 21.8 Å². The summed E-state index contributed by atoms with van der Waals surface area (Å²) in [5.41, 5.74) is 0.453. The molecule has 1 fully saturated rings. The highest BCUT2D eigenvalue weighted by Gasteiger charge is 2.31. The summed E-state index contributed by atoms with van der Waals surface area (Å²) in [6.45, 7) is 3.42. The first-order valence-corrected chi connectivity index (χ1v) is 5.13. The molecule has 2 heterocycles. The first-order chi connectivity index (χ1) is 7.24. The Morgan fingerprint density at radius 1 is 1.67 bits per heavy atom. The van der Waals surface area contributed by atoms with Crippen molar-refractivity contribution < 1.29 is 9.18 Å². The number of likely N-dealkylation sites (tertiary alicyclic amines) is 1. The van der Waals surface area contributed by atoms with Gasteiger partial charge in [0.15, 0.2) is 0 Å². The predicted molar refractivity (Wildman–Crippen MR) is 53.3 cm³/mol. The Balaban J connectivity index is 1.97. The fourth-order valence-corrected chi connectivity index (χ4v) is 1.65. The number of carbonyl (C=O) groups is 1. The van der Waals surface area contributed by atoms with E-state index in [2.05, 4.69) is 5.10 Å². The Hall–Kier alpha value is -1.39. The zero-order valence-electron chi connectivity index (χ0n) is 8.69. The molecule has 0 bridgehead atoms. The summed E-state index contributed by atoms with van der Waals surface area (Å²) in [6, 6.07) is 1.70. The van der Waals surface area contributed by atoms with Crippen LogP contribution in [0, 0.1) is 5.92 Å². The number of aryl methyl sites for hydroxylation is 1. The van der Waals surface area contributed by atoms with Crippen LogP contribution in [0.1, 0.15) is 17.4 Å². The van der Waals surface area contributed by atoms with Gasteiger partial charge in [0, 0.05) is 31.7 Å². The number of nitrogens with zero attached hydrogens (tertiary/aromatic N) is 3. The van der Waals surface area contributed by atoms with Gasteiger partial charge in [0.1, 0.15) is 5.69 Å². The van der Waals surface area contributed by atoms with Crippen LogP contribution < -0.4 is 0 Å². The number of alkyl halides is 1. The molecule has 82 valence electrons.